The second-order valence-electron chi connectivity index (χ2n) is 4.81. The van der Waals surface area contributed by atoms with Crippen LogP contribution in [0.5, 0.6) is 5.75 Å². The summed E-state index contributed by atoms with van der Waals surface area (Å²) >= 11 is 0. The monoisotopic (exact) mass is 258 g/mol. The molecule has 3 atom stereocenters. The number of piperidine rings is 1. The Labute approximate surface area is 102 Å². The van der Waals surface area contributed by atoms with Gasteiger partial charge in [0.15, 0.2) is 5.69 Å². The van der Waals surface area contributed by atoms with E-state index in [4.69, 9.17) is 4.74 Å². The quantitative estimate of drug-likeness (QED) is 0.899. The Morgan fingerprint density at radius 2 is 2.06 bits per heavy atom. The molecule has 0 aromatic carbocycles. The van der Waals surface area contributed by atoms with Crippen LogP contribution < -0.4 is 10.1 Å². The molecule has 3 nitrogen and oxygen atoms in total. The number of halogens is 3. The first-order valence-electron chi connectivity index (χ1n) is 5.93. The fourth-order valence-corrected chi connectivity index (χ4v) is 2.70. The number of alkyl halides is 3. The van der Waals surface area contributed by atoms with E-state index in [1.807, 2.05) is 0 Å². The van der Waals surface area contributed by atoms with E-state index < -0.39 is 11.9 Å². The fourth-order valence-electron chi connectivity index (χ4n) is 2.70. The molecule has 2 fully saturated rings. The first kappa shape index (κ1) is 11.8. The van der Waals surface area contributed by atoms with Gasteiger partial charge in [0, 0.05) is 12.1 Å². The second kappa shape index (κ2) is 4.12. The van der Waals surface area contributed by atoms with Gasteiger partial charge >= 0.3 is 6.18 Å². The molecule has 2 unspecified atom stereocenters. The Morgan fingerprint density at radius 1 is 1.33 bits per heavy atom. The average molecular weight is 258 g/mol. The van der Waals surface area contributed by atoms with Gasteiger partial charge in [-0.1, -0.05) is 0 Å². The molecule has 1 N–H and O–H groups in total. The van der Waals surface area contributed by atoms with Gasteiger partial charge in [0.1, 0.15) is 5.75 Å². The summed E-state index contributed by atoms with van der Waals surface area (Å²) in [5.74, 6) is 1.39. The van der Waals surface area contributed by atoms with Gasteiger partial charge in [-0.2, -0.15) is 13.2 Å². The summed E-state index contributed by atoms with van der Waals surface area (Å²) in [6.45, 7) is 2.27. The lowest BCUT2D eigenvalue weighted by Crippen LogP contribution is -2.18. The standard InChI is InChI=1S/C12H13F3N2O/c13-12(14,15)11-10(2-1-3-17-11)18-6-9-7-4-16-5-8(7)9/h1-3,7-9,16H,4-6H2/t7-,8?,9?/m1/s1. The predicted molar refractivity (Wildman–Crippen MR) is 58.1 cm³/mol. The summed E-state index contributed by atoms with van der Waals surface area (Å²) in [7, 11) is 0. The second-order valence-corrected chi connectivity index (χ2v) is 4.81. The van der Waals surface area contributed by atoms with Crippen LogP contribution in [0.4, 0.5) is 13.2 Å². The number of rotatable bonds is 3. The summed E-state index contributed by atoms with van der Waals surface area (Å²) in [5.41, 5.74) is -0.936. The molecule has 1 aromatic rings. The van der Waals surface area contributed by atoms with Crippen LogP contribution in [0.15, 0.2) is 18.3 Å². The van der Waals surface area contributed by atoms with E-state index in [1.165, 1.54) is 12.1 Å². The summed E-state index contributed by atoms with van der Waals surface area (Å²) in [6.07, 6.45) is -3.33. The Balaban J connectivity index is 1.66. The Kier molecular flexibility index (Phi) is 2.69. The number of nitrogens with zero attached hydrogens (tertiary/aromatic N) is 1. The van der Waals surface area contributed by atoms with Crippen molar-refractivity contribution < 1.29 is 17.9 Å². The van der Waals surface area contributed by atoms with Gasteiger partial charge in [0.25, 0.3) is 0 Å². The van der Waals surface area contributed by atoms with Crippen LogP contribution >= 0.6 is 0 Å². The van der Waals surface area contributed by atoms with Gasteiger partial charge in [-0.15, -0.1) is 0 Å². The SMILES string of the molecule is FC(F)(F)c1ncccc1OCC1C2CNC[C@H]21. The Bertz CT molecular complexity index is 439. The Hall–Kier alpha value is -1.30. The van der Waals surface area contributed by atoms with Crippen molar-refractivity contribution in [2.24, 2.45) is 17.8 Å². The van der Waals surface area contributed by atoms with Crippen molar-refractivity contribution in [1.29, 1.82) is 0 Å². The zero-order valence-corrected chi connectivity index (χ0v) is 9.57. The Morgan fingerprint density at radius 3 is 2.72 bits per heavy atom. The molecule has 3 rings (SSSR count). The van der Waals surface area contributed by atoms with Crippen molar-refractivity contribution in [2.75, 3.05) is 19.7 Å². The number of pyridine rings is 1. The lowest BCUT2D eigenvalue weighted by Gasteiger charge is -2.13. The van der Waals surface area contributed by atoms with E-state index in [2.05, 4.69) is 10.3 Å². The highest BCUT2D eigenvalue weighted by Gasteiger charge is 2.53. The molecule has 1 saturated heterocycles. The van der Waals surface area contributed by atoms with Crippen LogP contribution in [0.2, 0.25) is 0 Å². The topological polar surface area (TPSA) is 34.1 Å². The van der Waals surface area contributed by atoms with Crippen LogP contribution in [0, 0.1) is 17.8 Å². The third-order valence-corrected chi connectivity index (χ3v) is 3.74. The highest BCUT2D eigenvalue weighted by molar-refractivity contribution is 5.29. The zero-order valence-electron chi connectivity index (χ0n) is 9.57. The van der Waals surface area contributed by atoms with Crippen molar-refractivity contribution in [3.63, 3.8) is 0 Å². The first-order valence-corrected chi connectivity index (χ1v) is 5.93. The molecular formula is C12H13F3N2O. The van der Waals surface area contributed by atoms with Gasteiger partial charge < -0.3 is 10.1 Å². The summed E-state index contributed by atoms with van der Waals surface area (Å²) < 4.78 is 43.3. The lowest BCUT2D eigenvalue weighted by molar-refractivity contribution is -0.142. The third kappa shape index (κ3) is 2.05. The van der Waals surface area contributed by atoms with Crippen LogP contribution in [-0.4, -0.2) is 24.7 Å². The molecular weight excluding hydrogens is 245 g/mol. The molecule has 1 aliphatic carbocycles. The van der Waals surface area contributed by atoms with E-state index in [-0.39, 0.29) is 5.75 Å². The molecule has 1 aliphatic heterocycles. The van der Waals surface area contributed by atoms with Gasteiger partial charge in [-0.25, -0.2) is 4.98 Å². The number of nitrogens with one attached hydrogen (secondary N) is 1. The summed E-state index contributed by atoms with van der Waals surface area (Å²) in [6, 6.07) is 2.78. The molecule has 98 valence electrons. The van der Waals surface area contributed by atoms with Crippen LogP contribution in [0.1, 0.15) is 5.69 Å². The van der Waals surface area contributed by atoms with E-state index in [0.29, 0.717) is 24.4 Å². The molecule has 0 radical (unpaired) electrons. The fraction of sp³-hybridized carbons (Fsp3) is 0.583. The average Bonchev–Trinajstić information content (AvgIpc) is 2.77. The smallest absolute Gasteiger partial charge is 0.437 e. The van der Waals surface area contributed by atoms with E-state index in [9.17, 15) is 13.2 Å². The van der Waals surface area contributed by atoms with Crippen molar-refractivity contribution in [3.8, 4) is 5.75 Å². The van der Waals surface area contributed by atoms with Crippen molar-refractivity contribution in [2.45, 2.75) is 6.18 Å². The van der Waals surface area contributed by atoms with Crippen LogP contribution in [0.25, 0.3) is 0 Å². The molecule has 0 spiro atoms. The predicted octanol–water partition coefficient (Wildman–Crippen LogP) is 1.94. The lowest BCUT2D eigenvalue weighted by atomic mass is 10.3. The summed E-state index contributed by atoms with van der Waals surface area (Å²) in [5, 5.41) is 3.24. The van der Waals surface area contributed by atoms with Crippen molar-refractivity contribution in [1.82, 2.24) is 10.3 Å². The minimum atomic E-state index is -4.46. The molecule has 6 heteroatoms. The number of hydrogen-bond acceptors (Lipinski definition) is 3. The molecule has 0 bridgehead atoms. The number of hydrogen-bond donors (Lipinski definition) is 1. The minimum absolute atomic E-state index is 0.164. The molecule has 1 saturated carbocycles. The van der Waals surface area contributed by atoms with Crippen molar-refractivity contribution >= 4 is 0 Å². The van der Waals surface area contributed by atoms with Gasteiger partial charge in [0.05, 0.1) is 6.61 Å². The maximum Gasteiger partial charge on any atom is 0.437 e. The van der Waals surface area contributed by atoms with Crippen LogP contribution in [-0.2, 0) is 6.18 Å². The highest BCUT2D eigenvalue weighted by Crippen LogP contribution is 2.48. The van der Waals surface area contributed by atoms with Gasteiger partial charge in [-0.05, 0) is 37.1 Å². The molecule has 2 aliphatic rings. The largest absolute Gasteiger partial charge is 0.491 e. The molecule has 0 amide bonds. The van der Waals surface area contributed by atoms with E-state index in [0.717, 1.165) is 19.3 Å². The minimum Gasteiger partial charge on any atom is -0.491 e. The summed E-state index contributed by atoms with van der Waals surface area (Å²) in [4.78, 5) is 3.36. The zero-order chi connectivity index (χ0) is 12.8. The maximum absolute atomic E-state index is 12.7. The third-order valence-electron chi connectivity index (χ3n) is 3.74. The van der Waals surface area contributed by atoms with Gasteiger partial charge in [0.2, 0.25) is 0 Å². The van der Waals surface area contributed by atoms with Crippen LogP contribution in [0.3, 0.4) is 0 Å². The normalized spacial score (nSPS) is 30.1. The van der Waals surface area contributed by atoms with E-state index in [1.54, 1.807) is 0 Å². The highest BCUT2D eigenvalue weighted by atomic mass is 19.4. The van der Waals surface area contributed by atoms with Crippen molar-refractivity contribution in [3.05, 3.63) is 24.0 Å². The number of fused-ring (bicyclic) bond motifs is 1. The van der Waals surface area contributed by atoms with E-state index >= 15 is 0 Å². The first-order chi connectivity index (χ1) is 8.57. The number of aromatic nitrogens is 1. The molecule has 2 heterocycles. The maximum atomic E-state index is 12.7. The molecule has 18 heavy (non-hydrogen) atoms. The molecule has 1 aromatic heterocycles. The van der Waals surface area contributed by atoms with Gasteiger partial charge in [-0.3, -0.25) is 0 Å². The number of ether oxygens (including phenoxy) is 1.